The van der Waals surface area contributed by atoms with Crippen LogP contribution in [0, 0.1) is 5.82 Å². The SMILES string of the molecule is C=C(NC(=O)c1nc(CC)c(CCC)s1)/C(N)=C\C=C(/C)c1ccc(F)cc1. The lowest BCUT2D eigenvalue weighted by atomic mass is 10.1. The first-order chi connectivity index (χ1) is 13.3. The van der Waals surface area contributed by atoms with E-state index in [1.807, 2.05) is 13.8 Å². The van der Waals surface area contributed by atoms with Gasteiger partial charge in [-0.3, -0.25) is 4.79 Å². The van der Waals surface area contributed by atoms with Gasteiger partial charge in [0.25, 0.3) is 5.91 Å². The van der Waals surface area contributed by atoms with Crippen LogP contribution in [0.3, 0.4) is 0 Å². The summed E-state index contributed by atoms with van der Waals surface area (Å²) in [6.45, 7) is 9.88. The molecule has 0 aliphatic heterocycles. The number of nitrogens with one attached hydrogen (secondary N) is 1. The molecule has 0 atom stereocenters. The van der Waals surface area contributed by atoms with Gasteiger partial charge in [-0.2, -0.15) is 0 Å². The first-order valence-corrected chi connectivity index (χ1v) is 10.1. The largest absolute Gasteiger partial charge is 0.397 e. The maximum Gasteiger partial charge on any atom is 0.284 e. The van der Waals surface area contributed by atoms with E-state index in [9.17, 15) is 9.18 Å². The first kappa shape index (κ1) is 21.6. The van der Waals surface area contributed by atoms with Crippen LogP contribution >= 0.6 is 11.3 Å². The summed E-state index contributed by atoms with van der Waals surface area (Å²) < 4.78 is 13.0. The maximum absolute atomic E-state index is 13.0. The molecule has 0 aliphatic carbocycles. The molecule has 0 fully saturated rings. The average Bonchev–Trinajstić information content (AvgIpc) is 3.09. The molecule has 148 valence electrons. The second-order valence-corrected chi connectivity index (χ2v) is 7.49. The average molecular weight is 400 g/mol. The number of rotatable bonds is 8. The Morgan fingerprint density at radius 1 is 1.29 bits per heavy atom. The van der Waals surface area contributed by atoms with Crippen molar-refractivity contribution in [2.45, 2.75) is 40.0 Å². The van der Waals surface area contributed by atoms with E-state index in [2.05, 4.69) is 23.8 Å². The minimum absolute atomic E-state index is 0.279. The molecule has 0 saturated heterocycles. The van der Waals surface area contributed by atoms with Gasteiger partial charge >= 0.3 is 0 Å². The van der Waals surface area contributed by atoms with E-state index < -0.39 is 0 Å². The quantitative estimate of drug-likeness (QED) is 0.615. The van der Waals surface area contributed by atoms with Gasteiger partial charge in [0, 0.05) is 4.88 Å². The minimum atomic E-state index is -0.303. The molecule has 0 bridgehead atoms. The van der Waals surface area contributed by atoms with Gasteiger partial charge in [-0.1, -0.05) is 45.1 Å². The van der Waals surface area contributed by atoms with Crippen molar-refractivity contribution >= 4 is 22.8 Å². The topological polar surface area (TPSA) is 68.0 Å². The highest BCUT2D eigenvalue weighted by molar-refractivity contribution is 7.13. The van der Waals surface area contributed by atoms with Crippen LogP contribution in [0.4, 0.5) is 4.39 Å². The van der Waals surface area contributed by atoms with Gasteiger partial charge in [-0.05, 0) is 49.1 Å². The Hall–Kier alpha value is -2.73. The van der Waals surface area contributed by atoms with E-state index in [0.717, 1.165) is 41.0 Å². The van der Waals surface area contributed by atoms with Crippen molar-refractivity contribution in [2.24, 2.45) is 5.73 Å². The number of thiazole rings is 1. The van der Waals surface area contributed by atoms with E-state index in [1.54, 1.807) is 24.3 Å². The molecular formula is C22H26FN3OS. The normalized spacial score (nSPS) is 12.1. The predicted molar refractivity (Wildman–Crippen MR) is 114 cm³/mol. The van der Waals surface area contributed by atoms with Crippen molar-refractivity contribution < 1.29 is 9.18 Å². The number of allylic oxidation sites excluding steroid dienone is 3. The van der Waals surface area contributed by atoms with E-state index in [1.165, 1.54) is 23.5 Å². The van der Waals surface area contributed by atoms with Crippen molar-refractivity contribution in [3.05, 3.63) is 81.3 Å². The van der Waals surface area contributed by atoms with Gasteiger partial charge in [-0.15, -0.1) is 11.3 Å². The minimum Gasteiger partial charge on any atom is -0.397 e. The molecule has 0 unspecified atom stereocenters. The fourth-order valence-electron chi connectivity index (χ4n) is 2.57. The predicted octanol–water partition coefficient (Wildman–Crippen LogP) is 4.99. The lowest BCUT2D eigenvalue weighted by Crippen LogP contribution is -2.25. The summed E-state index contributed by atoms with van der Waals surface area (Å²) in [5.74, 6) is -0.583. The van der Waals surface area contributed by atoms with E-state index >= 15 is 0 Å². The number of aryl methyl sites for hydroxylation is 2. The standard InChI is InChI=1S/C22H26FN3OS/c1-5-7-20-19(6-2)26-22(28-20)21(27)25-15(4)18(24)13-8-14(3)16-9-11-17(23)12-10-16/h8-13H,4-7,24H2,1-3H3,(H,25,27)/b14-8+,18-13+. The zero-order valence-corrected chi connectivity index (χ0v) is 17.3. The van der Waals surface area contributed by atoms with Crippen LogP contribution in [0.2, 0.25) is 0 Å². The van der Waals surface area contributed by atoms with Crippen LogP contribution < -0.4 is 11.1 Å². The lowest BCUT2D eigenvalue weighted by Gasteiger charge is -2.07. The Balaban J connectivity index is 2.06. The summed E-state index contributed by atoms with van der Waals surface area (Å²) in [5, 5.41) is 3.14. The van der Waals surface area contributed by atoms with Gasteiger partial charge in [0.2, 0.25) is 0 Å². The number of aromatic nitrogens is 1. The van der Waals surface area contributed by atoms with Crippen LogP contribution in [0.1, 0.15) is 53.1 Å². The number of halogens is 1. The summed E-state index contributed by atoms with van der Waals surface area (Å²) in [4.78, 5) is 18.1. The lowest BCUT2D eigenvalue weighted by molar-refractivity contribution is 0.0966. The Labute approximate surface area is 169 Å². The van der Waals surface area contributed by atoms with E-state index in [4.69, 9.17) is 5.73 Å². The molecule has 1 heterocycles. The Morgan fingerprint density at radius 3 is 2.57 bits per heavy atom. The van der Waals surface area contributed by atoms with Crippen molar-refractivity contribution in [3.63, 3.8) is 0 Å². The summed E-state index contributed by atoms with van der Waals surface area (Å²) in [7, 11) is 0. The number of benzene rings is 1. The molecule has 0 radical (unpaired) electrons. The van der Waals surface area contributed by atoms with Crippen molar-refractivity contribution in [1.82, 2.24) is 10.3 Å². The smallest absolute Gasteiger partial charge is 0.284 e. The molecule has 0 spiro atoms. The van der Waals surface area contributed by atoms with Crippen molar-refractivity contribution in [3.8, 4) is 0 Å². The van der Waals surface area contributed by atoms with Crippen molar-refractivity contribution in [1.29, 1.82) is 0 Å². The highest BCUT2D eigenvalue weighted by Crippen LogP contribution is 2.21. The molecule has 28 heavy (non-hydrogen) atoms. The summed E-state index contributed by atoms with van der Waals surface area (Å²) in [6, 6.07) is 6.21. The highest BCUT2D eigenvalue weighted by Gasteiger charge is 2.16. The first-order valence-electron chi connectivity index (χ1n) is 9.24. The van der Waals surface area contributed by atoms with Crippen LogP contribution in [0.15, 0.2) is 54.4 Å². The fourth-order valence-corrected chi connectivity index (χ4v) is 3.71. The van der Waals surface area contributed by atoms with Crippen LogP contribution in [0.5, 0.6) is 0 Å². The van der Waals surface area contributed by atoms with Crippen LogP contribution in [-0.4, -0.2) is 10.9 Å². The Morgan fingerprint density at radius 2 is 1.96 bits per heavy atom. The number of hydrogen-bond acceptors (Lipinski definition) is 4. The molecule has 4 nitrogen and oxygen atoms in total. The Kier molecular flexibility index (Phi) is 7.70. The molecule has 1 aromatic carbocycles. The summed E-state index contributed by atoms with van der Waals surface area (Å²) in [5.41, 5.74) is 9.47. The number of nitrogens with two attached hydrogens (primary N) is 1. The third kappa shape index (κ3) is 5.63. The summed E-state index contributed by atoms with van der Waals surface area (Å²) >= 11 is 1.42. The highest BCUT2D eigenvalue weighted by atomic mass is 32.1. The van der Waals surface area contributed by atoms with Gasteiger partial charge in [0.15, 0.2) is 5.01 Å². The zero-order valence-electron chi connectivity index (χ0n) is 16.5. The monoisotopic (exact) mass is 399 g/mol. The van der Waals surface area contributed by atoms with Crippen LogP contribution in [0.25, 0.3) is 5.57 Å². The third-order valence-corrected chi connectivity index (χ3v) is 5.37. The molecule has 2 aromatic rings. The fraction of sp³-hybridized carbons (Fsp3) is 0.273. The van der Waals surface area contributed by atoms with Gasteiger partial charge in [-0.25, -0.2) is 9.37 Å². The molecule has 2 rings (SSSR count). The third-order valence-electron chi connectivity index (χ3n) is 4.21. The molecule has 1 amide bonds. The van der Waals surface area contributed by atoms with Crippen LogP contribution in [-0.2, 0) is 12.8 Å². The number of amides is 1. The van der Waals surface area contributed by atoms with Gasteiger partial charge in [0.05, 0.1) is 17.1 Å². The van der Waals surface area contributed by atoms with Gasteiger partial charge in [0.1, 0.15) is 5.82 Å². The Bertz CT molecular complexity index is 910. The number of hydrogen-bond donors (Lipinski definition) is 2. The number of nitrogens with zero attached hydrogens (tertiary/aromatic N) is 1. The molecule has 3 N–H and O–H groups in total. The maximum atomic E-state index is 13.0. The van der Waals surface area contributed by atoms with E-state index in [0.29, 0.717) is 16.4 Å². The number of carbonyl (C=O) groups is 1. The molecule has 1 aromatic heterocycles. The van der Waals surface area contributed by atoms with E-state index in [-0.39, 0.29) is 11.7 Å². The molecule has 6 heteroatoms. The zero-order chi connectivity index (χ0) is 20.7. The van der Waals surface area contributed by atoms with Gasteiger partial charge < -0.3 is 11.1 Å². The second-order valence-electron chi connectivity index (χ2n) is 6.40. The molecular weight excluding hydrogens is 373 g/mol. The molecule has 0 aliphatic rings. The number of carbonyl (C=O) groups excluding carboxylic acids is 1. The molecule has 0 saturated carbocycles. The summed E-state index contributed by atoms with van der Waals surface area (Å²) in [6.07, 6.45) is 6.21. The van der Waals surface area contributed by atoms with Crippen molar-refractivity contribution in [2.75, 3.05) is 0 Å². The second kappa shape index (κ2) is 9.99.